The average Bonchev–Trinajstić information content (AvgIpc) is 2.90. The average molecular weight is 282 g/mol. The van der Waals surface area contributed by atoms with E-state index in [4.69, 9.17) is 5.11 Å². The van der Waals surface area contributed by atoms with Gasteiger partial charge in [-0.1, -0.05) is 17.3 Å². The molecule has 0 radical (unpaired) electrons. The van der Waals surface area contributed by atoms with Crippen LogP contribution in [0.1, 0.15) is 16.8 Å². The minimum atomic E-state index is -3.64. The Morgan fingerprint density at radius 1 is 1.37 bits per heavy atom. The van der Waals surface area contributed by atoms with Gasteiger partial charge in [0.2, 0.25) is 10.0 Å². The number of aromatic nitrogens is 1. The topological polar surface area (TPSA) is 92.4 Å². The highest BCUT2D eigenvalue weighted by Gasteiger charge is 2.18. The van der Waals surface area contributed by atoms with Crippen molar-refractivity contribution in [1.29, 1.82) is 0 Å². The lowest BCUT2D eigenvalue weighted by Gasteiger charge is -2.10. The van der Waals surface area contributed by atoms with Crippen LogP contribution < -0.4 is 4.72 Å². The Hall–Kier alpha value is -1.70. The third-order valence-corrected chi connectivity index (χ3v) is 4.34. The van der Waals surface area contributed by atoms with Crippen LogP contribution in [0.4, 0.5) is 0 Å². The highest BCUT2D eigenvalue weighted by Crippen LogP contribution is 2.19. The Morgan fingerprint density at radius 2 is 2.16 bits per heavy atom. The maximum absolute atomic E-state index is 12.2. The molecule has 19 heavy (non-hydrogen) atoms. The van der Waals surface area contributed by atoms with E-state index in [0.29, 0.717) is 16.8 Å². The first-order valence-electron chi connectivity index (χ1n) is 5.63. The number of aliphatic hydroxyl groups excluding tert-OH is 1. The molecule has 0 aliphatic carbocycles. The number of nitrogens with zero attached hydrogens (tertiary/aromatic N) is 1. The van der Waals surface area contributed by atoms with Crippen LogP contribution >= 0.6 is 0 Å². The van der Waals surface area contributed by atoms with Crippen LogP contribution in [0.15, 0.2) is 39.9 Å². The van der Waals surface area contributed by atoms with Crippen LogP contribution in [-0.2, 0) is 23.2 Å². The molecular weight excluding hydrogens is 268 g/mol. The number of aliphatic hydroxyl groups is 1. The molecule has 2 aromatic rings. The Bertz CT molecular complexity index is 650. The summed E-state index contributed by atoms with van der Waals surface area (Å²) < 4.78 is 31.4. The molecule has 1 aromatic heterocycles. The lowest BCUT2D eigenvalue weighted by atomic mass is 10.1. The van der Waals surface area contributed by atoms with Crippen LogP contribution in [-0.4, -0.2) is 18.7 Å². The van der Waals surface area contributed by atoms with E-state index in [2.05, 4.69) is 14.4 Å². The lowest BCUT2D eigenvalue weighted by molar-refractivity contribution is 0.280. The zero-order valence-corrected chi connectivity index (χ0v) is 11.1. The molecule has 0 amide bonds. The van der Waals surface area contributed by atoms with E-state index in [9.17, 15) is 8.42 Å². The van der Waals surface area contributed by atoms with Crippen LogP contribution in [0, 0.1) is 6.92 Å². The Kier molecular flexibility index (Phi) is 3.98. The second-order valence-electron chi connectivity index (χ2n) is 4.01. The fourth-order valence-corrected chi connectivity index (χ4v) is 2.98. The highest BCUT2D eigenvalue weighted by atomic mass is 32.2. The monoisotopic (exact) mass is 282 g/mol. The zero-order valence-electron chi connectivity index (χ0n) is 10.3. The van der Waals surface area contributed by atoms with Gasteiger partial charge in [0.1, 0.15) is 6.26 Å². The molecule has 1 heterocycles. The minimum Gasteiger partial charge on any atom is -0.392 e. The molecule has 0 saturated heterocycles. The first kappa shape index (κ1) is 13.7. The van der Waals surface area contributed by atoms with Crippen LogP contribution in [0.5, 0.6) is 0 Å². The van der Waals surface area contributed by atoms with Gasteiger partial charge in [-0.2, -0.15) is 0 Å². The van der Waals surface area contributed by atoms with Crippen LogP contribution in [0.25, 0.3) is 0 Å². The molecule has 2 rings (SSSR count). The quantitative estimate of drug-likeness (QED) is 0.852. The SMILES string of the molecule is Cc1c(CO)cccc1S(=O)(=O)NCc1ccon1. The Labute approximate surface area is 111 Å². The third-order valence-electron chi connectivity index (χ3n) is 2.79. The van der Waals surface area contributed by atoms with Crippen molar-refractivity contribution < 1.29 is 18.0 Å². The molecule has 1 aromatic carbocycles. The van der Waals surface area contributed by atoms with Crippen molar-refractivity contribution >= 4 is 10.0 Å². The molecule has 7 heteroatoms. The van der Waals surface area contributed by atoms with Crippen LogP contribution in [0.2, 0.25) is 0 Å². The second-order valence-corrected chi connectivity index (χ2v) is 5.75. The largest absolute Gasteiger partial charge is 0.392 e. The molecule has 0 bridgehead atoms. The maximum atomic E-state index is 12.2. The molecule has 0 fully saturated rings. The normalized spacial score (nSPS) is 11.7. The van der Waals surface area contributed by atoms with Crippen molar-refractivity contribution in [3.63, 3.8) is 0 Å². The summed E-state index contributed by atoms with van der Waals surface area (Å²) in [6.07, 6.45) is 1.38. The first-order valence-corrected chi connectivity index (χ1v) is 7.11. The fourth-order valence-electron chi connectivity index (χ4n) is 1.70. The summed E-state index contributed by atoms with van der Waals surface area (Å²) >= 11 is 0. The van der Waals surface area contributed by atoms with Crippen molar-refractivity contribution in [2.24, 2.45) is 0 Å². The first-order chi connectivity index (χ1) is 9.04. The molecular formula is C12H14N2O4S. The van der Waals surface area contributed by atoms with Gasteiger partial charge in [0, 0.05) is 6.07 Å². The van der Waals surface area contributed by atoms with E-state index in [1.165, 1.54) is 12.3 Å². The van der Waals surface area contributed by atoms with Crippen molar-refractivity contribution in [3.05, 3.63) is 47.3 Å². The van der Waals surface area contributed by atoms with Crippen molar-refractivity contribution in [3.8, 4) is 0 Å². The van der Waals surface area contributed by atoms with Gasteiger partial charge >= 0.3 is 0 Å². The highest BCUT2D eigenvalue weighted by molar-refractivity contribution is 7.89. The molecule has 0 atom stereocenters. The van der Waals surface area contributed by atoms with Crippen molar-refractivity contribution in [2.45, 2.75) is 25.0 Å². The molecule has 0 spiro atoms. The second kappa shape index (κ2) is 5.52. The molecule has 2 N–H and O–H groups in total. The fraction of sp³-hybridized carbons (Fsp3) is 0.250. The molecule has 6 nitrogen and oxygen atoms in total. The van der Waals surface area contributed by atoms with E-state index in [-0.39, 0.29) is 18.0 Å². The summed E-state index contributed by atoms with van der Waals surface area (Å²) in [5.41, 5.74) is 1.63. The molecule has 0 aliphatic heterocycles. The number of hydrogen-bond donors (Lipinski definition) is 2. The van der Waals surface area contributed by atoms with E-state index >= 15 is 0 Å². The number of hydrogen-bond acceptors (Lipinski definition) is 5. The van der Waals surface area contributed by atoms with Gasteiger partial charge in [0.05, 0.1) is 23.7 Å². The van der Waals surface area contributed by atoms with E-state index in [0.717, 1.165) is 0 Å². The van der Waals surface area contributed by atoms with Gasteiger partial charge < -0.3 is 9.63 Å². The summed E-state index contributed by atoms with van der Waals surface area (Å²) in [6, 6.07) is 6.37. The van der Waals surface area contributed by atoms with Gasteiger partial charge in [0.25, 0.3) is 0 Å². The number of nitrogens with one attached hydrogen (secondary N) is 1. The Morgan fingerprint density at radius 3 is 2.79 bits per heavy atom. The van der Waals surface area contributed by atoms with E-state index in [1.807, 2.05) is 0 Å². The molecule has 0 aliphatic rings. The molecule has 102 valence electrons. The van der Waals surface area contributed by atoms with Gasteiger partial charge in [-0.05, 0) is 24.1 Å². The maximum Gasteiger partial charge on any atom is 0.241 e. The predicted molar refractivity (Wildman–Crippen MR) is 67.6 cm³/mol. The van der Waals surface area contributed by atoms with E-state index < -0.39 is 10.0 Å². The standard InChI is InChI=1S/C12H14N2O4S/c1-9-10(8-15)3-2-4-12(9)19(16,17)13-7-11-5-6-18-14-11/h2-6,13,15H,7-8H2,1H3. The van der Waals surface area contributed by atoms with Crippen LogP contribution in [0.3, 0.4) is 0 Å². The van der Waals surface area contributed by atoms with Gasteiger partial charge in [-0.25, -0.2) is 13.1 Å². The Balaban J connectivity index is 2.24. The van der Waals surface area contributed by atoms with Gasteiger partial charge in [-0.3, -0.25) is 0 Å². The summed E-state index contributed by atoms with van der Waals surface area (Å²) in [4.78, 5) is 0.155. The number of rotatable bonds is 5. The molecule has 0 saturated carbocycles. The van der Waals surface area contributed by atoms with Crippen molar-refractivity contribution in [2.75, 3.05) is 0 Å². The summed E-state index contributed by atoms with van der Waals surface area (Å²) in [5.74, 6) is 0. The lowest BCUT2D eigenvalue weighted by Crippen LogP contribution is -2.24. The smallest absolute Gasteiger partial charge is 0.241 e. The molecule has 0 unspecified atom stereocenters. The number of sulfonamides is 1. The van der Waals surface area contributed by atoms with Gasteiger partial charge in [-0.15, -0.1) is 0 Å². The minimum absolute atomic E-state index is 0.0572. The number of benzene rings is 1. The summed E-state index contributed by atoms with van der Waals surface area (Å²) in [5, 5.41) is 12.8. The van der Waals surface area contributed by atoms with Gasteiger partial charge in [0.15, 0.2) is 0 Å². The summed E-state index contributed by atoms with van der Waals surface area (Å²) in [7, 11) is -3.64. The third kappa shape index (κ3) is 3.01. The summed E-state index contributed by atoms with van der Waals surface area (Å²) in [6.45, 7) is 1.52. The zero-order chi connectivity index (χ0) is 13.9. The predicted octanol–water partition coefficient (Wildman–Crippen LogP) is 0.954. The van der Waals surface area contributed by atoms with Crippen molar-refractivity contribution in [1.82, 2.24) is 9.88 Å². The van der Waals surface area contributed by atoms with E-state index in [1.54, 1.807) is 25.1 Å².